The predicted molar refractivity (Wildman–Crippen MR) is 140 cm³/mol. The molecule has 3 N–H and O–H groups in total. The fourth-order valence-corrected chi connectivity index (χ4v) is 4.81. The monoisotopic (exact) mass is 476 g/mol. The number of amidine groups is 1. The van der Waals surface area contributed by atoms with Crippen LogP contribution in [0.15, 0.2) is 42.5 Å². The Hall–Kier alpha value is -3.39. The molecule has 0 unspecified atom stereocenters. The van der Waals surface area contributed by atoms with Crippen LogP contribution in [-0.4, -0.2) is 66.1 Å². The maximum atomic E-state index is 12.1. The summed E-state index contributed by atoms with van der Waals surface area (Å²) in [4.78, 5) is 21.8. The number of aryl methyl sites for hydroxylation is 1. The molecule has 1 fully saturated rings. The summed E-state index contributed by atoms with van der Waals surface area (Å²) in [6.07, 6.45) is 3.23. The van der Waals surface area contributed by atoms with Crippen molar-refractivity contribution in [3.63, 3.8) is 0 Å². The van der Waals surface area contributed by atoms with Crippen molar-refractivity contribution in [3.8, 4) is 0 Å². The molecule has 4 rings (SSSR count). The van der Waals surface area contributed by atoms with E-state index in [0.717, 1.165) is 48.4 Å². The second-order valence-corrected chi connectivity index (χ2v) is 9.38. The number of nitrogens with two attached hydrogens (primary N) is 1. The van der Waals surface area contributed by atoms with Gasteiger partial charge in [0.05, 0.1) is 24.1 Å². The van der Waals surface area contributed by atoms with Gasteiger partial charge in [-0.25, -0.2) is 4.98 Å². The van der Waals surface area contributed by atoms with Crippen LogP contribution in [0.25, 0.3) is 11.0 Å². The number of hydrogen-bond acceptors (Lipinski definition) is 6. The van der Waals surface area contributed by atoms with Crippen molar-refractivity contribution in [2.45, 2.75) is 45.2 Å². The standard InChI is InChI=1S/C27H36N6O2/c1-4-35-26(34)13-16-33-24-10-9-22(32-14-11-21(12-15-32)31(2)3)18-23(24)30-25(33)17-19-5-7-20(8-6-19)27(28)29/h5-10,18,21H,4,11-17H2,1-3H3,(H3,28,29). The molecule has 3 aromatic rings. The largest absolute Gasteiger partial charge is 0.466 e. The summed E-state index contributed by atoms with van der Waals surface area (Å²) in [5.41, 5.74) is 10.5. The van der Waals surface area contributed by atoms with Crippen molar-refractivity contribution in [2.24, 2.45) is 5.73 Å². The lowest BCUT2D eigenvalue weighted by molar-refractivity contribution is -0.143. The highest BCUT2D eigenvalue weighted by molar-refractivity contribution is 5.94. The summed E-state index contributed by atoms with van der Waals surface area (Å²) in [7, 11) is 4.31. The zero-order chi connectivity index (χ0) is 24.9. The van der Waals surface area contributed by atoms with Crippen LogP contribution in [0.2, 0.25) is 0 Å². The van der Waals surface area contributed by atoms with Gasteiger partial charge >= 0.3 is 5.97 Å². The number of piperidine rings is 1. The molecule has 0 amide bonds. The highest BCUT2D eigenvalue weighted by Gasteiger charge is 2.22. The Morgan fingerprint density at radius 3 is 2.51 bits per heavy atom. The van der Waals surface area contributed by atoms with E-state index in [1.54, 1.807) is 0 Å². The van der Waals surface area contributed by atoms with Crippen LogP contribution in [0, 0.1) is 5.41 Å². The first-order valence-electron chi connectivity index (χ1n) is 12.3. The second kappa shape index (κ2) is 10.9. The molecule has 0 spiro atoms. The number of nitrogens with one attached hydrogen (secondary N) is 1. The Balaban J connectivity index is 1.61. The highest BCUT2D eigenvalue weighted by Crippen LogP contribution is 2.27. The highest BCUT2D eigenvalue weighted by atomic mass is 16.5. The zero-order valence-electron chi connectivity index (χ0n) is 21.0. The summed E-state index contributed by atoms with van der Waals surface area (Å²) < 4.78 is 7.29. The molecule has 2 aromatic carbocycles. The number of nitrogen functional groups attached to an aromatic ring is 1. The lowest BCUT2D eigenvalue weighted by atomic mass is 10.0. The first-order chi connectivity index (χ1) is 16.9. The first kappa shape index (κ1) is 24.7. The number of nitrogens with zero attached hydrogens (tertiary/aromatic N) is 4. The molecule has 0 bridgehead atoms. The SMILES string of the molecule is CCOC(=O)CCn1c(Cc2ccc(C(=N)N)cc2)nc2cc(N3CCC(N(C)C)CC3)ccc21. The summed E-state index contributed by atoms with van der Waals surface area (Å²) in [5, 5.41) is 7.61. The maximum Gasteiger partial charge on any atom is 0.307 e. The number of benzene rings is 2. The van der Waals surface area contributed by atoms with E-state index in [2.05, 4.69) is 46.7 Å². The molecule has 2 heterocycles. The molecule has 8 heteroatoms. The summed E-state index contributed by atoms with van der Waals surface area (Å²) in [6, 6.07) is 14.8. The molecular weight excluding hydrogens is 440 g/mol. The van der Waals surface area contributed by atoms with E-state index in [0.29, 0.717) is 37.6 Å². The van der Waals surface area contributed by atoms with Crippen molar-refractivity contribution < 1.29 is 9.53 Å². The molecule has 1 aliphatic heterocycles. The molecule has 35 heavy (non-hydrogen) atoms. The number of imidazole rings is 1. The molecule has 0 aliphatic carbocycles. The second-order valence-electron chi connectivity index (χ2n) is 9.38. The van der Waals surface area contributed by atoms with E-state index < -0.39 is 0 Å². The van der Waals surface area contributed by atoms with Crippen LogP contribution in [0.4, 0.5) is 5.69 Å². The third-order valence-electron chi connectivity index (χ3n) is 6.84. The minimum Gasteiger partial charge on any atom is -0.466 e. The van der Waals surface area contributed by atoms with Crippen LogP contribution >= 0.6 is 0 Å². The number of anilines is 1. The van der Waals surface area contributed by atoms with Gasteiger partial charge in [-0.1, -0.05) is 24.3 Å². The molecule has 0 saturated carbocycles. The first-order valence-corrected chi connectivity index (χ1v) is 12.3. The smallest absolute Gasteiger partial charge is 0.307 e. The molecular formula is C27H36N6O2. The van der Waals surface area contributed by atoms with Crippen molar-refractivity contribution in [1.82, 2.24) is 14.5 Å². The van der Waals surface area contributed by atoms with Crippen LogP contribution < -0.4 is 10.6 Å². The van der Waals surface area contributed by atoms with Gasteiger partial charge in [0.1, 0.15) is 11.7 Å². The van der Waals surface area contributed by atoms with Crippen molar-refractivity contribution in [1.29, 1.82) is 5.41 Å². The Labute approximate surface area is 207 Å². The van der Waals surface area contributed by atoms with Gasteiger partial charge in [-0.3, -0.25) is 10.2 Å². The average Bonchev–Trinajstić information content (AvgIpc) is 3.19. The molecule has 0 radical (unpaired) electrons. The Morgan fingerprint density at radius 2 is 1.89 bits per heavy atom. The van der Waals surface area contributed by atoms with E-state index in [1.165, 1.54) is 5.69 Å². The van der Waals surface area contributed by atoms with Gasteiger partial charge in [-0.2, -0.15) is 0 Å². The van der Waals surface area contributed by atoms with Crippen molar-refractivity contribution in [3.05, 3.63) is 59.4 Å². The molecule has 1 aliphatic rings. The lowest BCUT2D eigenvalue weighted by Crippen LogP contribution is -2.41. The number of carbonyl (C=O) groups is 1. The van der Waals surface area contributed by atoms with Gasteiger partial charge in [0.25, 0.3) is 0 Å². The lowest BCUT2D eigenvalue weighted by Gasteiger charge is -2.36. The number of ether oxygens (including phenoxy) is 1. The van der Waals surface area contributed by atoms with E-state index in [1.807, 2.05) is 31.2 Å². The van der Waals surface area contributed by atoms with Crippen molar-refractivity contribution >= 4 is 28.5 Å². The summed E-state index contributed by atoms with van der Waals surface area (Å²) in [5.74, 6) is 0.759. The molecule has 0 atom stereocenters. The van der Waals surface area contributed by atoms with Crippen molar-refractivity contribution in [2.75, 3.05) is 38.7 Å². The zero-order valence-corrected chi connectivity index (χ0v) is 21.0. The third kappa shape index (κ3) is 5.82. The quantitative estimate of drug-likeness (QED) is 0.279. The summed E-state index contributed by atoms with van der Waals surface area (Å²) >= 11 is 0. The normalized spacial score (nSPS) is 14.6. The van der Waals surface area contributed by atoms with Crippen LogP contribution in [-0.2, 0) is 22.5 Å². The van der Waals surface area contributed by atoms with Gasteiger partial charge in [-0.05, 0) is 57.6 Å². The number of aromatic nitrogens is 2. The molecule has 1 saturated heterocycles. The number of carbonyl (C=O) groups excluding carboxylic acids is 1. The van der Waals surface area contributed by atoms with E-state index in [9.17, 15) is 4.79 Å². The average molecular weight is 477 g/mol. The van der Waals surface area contributed by atoms with Crippen LogP contribution in [0.5, 0.6) is 0 Å². The van der Waals surface area contributed by atoms with Gasteiger partial charge < -0.3 is 24.8 Å². The topological polar surface area (TPSA) is 100 Å². The Bertz CT molecular complexity index is 1180. The van der Waals surface area contributed by atoms with Crippen LogP contribution in [0.1, 0.15) is 43.1 Å². The molecule has 1 aromatic heterocycles. The Kier molecular flexibility index (Phi) is 7.70. The van der Waals surface area contributed by atoms with Crippen LogP contribution in [0.3, 0.4) is 0 Å². The minimum absolute atomic E-state index is 0.0559. The number of fused-ring (bicyclic) bond motifs is 1. The number of rotatable bonds is 9. The number of hydrogen-bond donors (Lipinski definition) is 2. The van der Waals surface area contributed by atoms with E-state index in [-0.39, 0.29) is 11.8 Å². The van der Waals surface area contributed by atoms with Gasteiger partial charge in [0.2, 0.25) is 0 Å². The molecule has 8 nitrogen and oxygen atoms in total. The maximum absolute atomic E-state index is 12.1. The molecule has 186 valence electrons. The minimum atomic E-state index is -0.202. The van der Waals surface area contributed by atoms with E-state index >= 15 is 0 Å². The van der Waals surface area contributed by atoms with Gasteiger partial charge in [-0.15, -0.1) is 0 Å². The predicted octanol–water partition coefficient (Wildman–Crippen LogP) is 3.39. The fourth-order valence-electron chi connectivity index (χ4n) is 4.81. The van der Waals surface area contributed by atoms with Gasteiger partial charge in [0, 0.05) is 43.3 Å². The fraction of sp³-hybridized carbons (Fsp3) is 0.444. The number of esters is 1. The summed E-state index contributed by atoms with van der Waals surface area (Å²) in [6.45, 7) is 4.79. The third-order valence-corrected chi connectivity index (χ3v) is 6.84. The van der Waals surface area contributed by atoms with Gasteiger partial charge in [0.15, 0.2) is 0 Å². The van der Waals surface area contributed by atoms with E-state index in [4.69, 9.17) is 20.9 Å². The Morgan fingerprint density at radius 1 is 1.17 bits per heavy atom.